The molecule has 0 aliphatic carbocycles. The molecule has 4 heteroatoms. The first-order chi connectivity index (χ1) is 8.16. The van der Waals surface area contributed by atoms with E-state index < -0.39 is 0 Å². The standard InChI is InChI=1S/C13H14ClN3/c1-10(2)17-9-7-13(16-17)12-6-5-11(14)4-3-8-15-12/h3-4,7-12H,1-2H3/b4-3-,15-8?. The number of halogens is 1. The number of nitrogens with zero attached hydrogens (tertiary/aromatic N) is 3. The molecule has 2 unspecified atom stereocenters. The van der Waals surface area contributed by atoms with Gasteiger partial charge in [0.05, 0.1) is 5.69 Å². The molecule has 0 saturated carbocycles. The van der Waals surface area contributed by atoms with Crippen molar-refractivity contribution in [1.82, 2.24) is 9.78 Å². The molecule has 1 aromatic rings. The molecule has 17 heavy (non-hydrogen) atoms. The predicted molar refractivity (Wildman–Crippen MR) is 70.4 cm³/mol. The Hall–Kier alpha value is -1.53. The van der Waals surface area contributed by atoms with Crippen LogP contribution in [0.4, 0.5) is 0 Å². The van der Waals surface area contributed by atoms with Gasteiger partial charge in [-0.25, -0.2) is 0 Å². The van der Waals surface area contributed by atoms with Crippen LogP contribution >= 0.6 is 11.6 Å². The molecule has 0 fully saturated rings. The molecule has 0 spiro atoms. The third kappa shape index (κ3) is 2.98. The van der Waals surface area contributed by atoms with Crippen molar-refractivity contribution in [3.63, 3.8) is 0 Å². The summed E-state index contributed by atoms with van der Waals surface area (Å²) in [6.45, 7) is 4.17. The first-order valence-electron chi connectivity index (χ1n) is 5.57. The lowest BCUT2D eigenvalue weighted by Crippen LogP contribution is -2.04. The number of alkyl halides is 1. The molecule has 2 atom stereocenters. The van der Waals surface area contributed by atoms with Crippen LogP contribution in [0.25, 0.3) is 0 Å². The maximum atomic E-state index is 5.95. The van der Waals surface area contributed by atoms with Crippen molar-refractivity contribution in [2.24, 2.45) is 4.99 Å². The Kier molecular flexibility index (Phi) is 3.65. The van der Waals surface area contributed by atoms with Crippen molar-refractivity contribution >= 4 is 17.8 Å². The topological polar surface area (TPSA) is 30.2 Å². The summed E-state index contributed by atoms with van der Waals surface area (Å²) in [5, 5.41) is 4.21. The Morgan fingerprint density at radius 3 is 2.94 bits per heavy atom. The molecule has 2 heterocycles. The molecule has 0 radical (unpaired) electrons. The smallest absolute Gasteiger partial charge is 0.154 e. The Bertz CT molecular complexity index is 502. The zero-order chi connectivity index (χ0) is 12.3. The highest BCUT2D eigenvalue weighted by molar-refractivity contribution is 6.23. The average Bonchev–Trinajstić information content (AvgIpc) is 2.73. The maximum Gasteiger partial charge on any atom is 0.154 e. The van der Waals surface area contributed by atoms with Crippen molar-refractivity contribution < 1.29 is 0 Å². The van der Waals surface area contributed by atoms with Crippen LogP contribution in [0, 0.1) is 11.8 Å². The van der Waals surface area contributed by atoms with Crippen LogP contribution in [0.15, 0.2) is 29.4 Å². The van der Waals surface area contributed by atoms with Gasteiger partial charge in [0, 0.05) is 18.5 Å². The third-order valence-electron chi connectivity index (χ3n) is 2.40. The molecule has 0 amide bonds. The van der Waals surface area contributed by atoms with E-state index in [2.05, 4.69) is 35.8 Å². The largest absolute Gasteiger partial charge is 0.270 e. The lowest BCUT2D eigenvalue weighted by molar-refractivity contribution is 0.525. The second kappa shape index (κ2) is 5.20. The van der Waals surface area contributed by atoms with Crippen LogP contribution in [-0.4, -0.2) is 21.4 Å². The number of hydrogen-bond acceptors (Lipinski definition) is 2. The van der Waals surface area contributed by atoms with E-state index in [4.69, 9.17) is 11.6 Å². The van der Waals surface area contributed by atoms with E-state index in [-0.39, 0.29) is 11.4 Å². The van der Waals surface area contributed by atoms with Gasteiger partial charge in [-0.05, 0) is 26.0 Å². The molecular formula is C13H14ClN3. The quantitative estimate of drug-likeness (QED) is 0.584. The van der Waals surface area contributed by atoms with Gasteiger partial charge in [0.25, 0.3) is 0 Å². The highest BCUT2D eigenvalue weighted by atomic mass is 35.5. The molecular weight excluding hydrogens is 234 g/mol. The fourth-order valence-electron chi connectivity index (χ4n) is 1.46. The lowest BCUT2D eigenvalue weighted by atomic mass is 10.2. The summed E-state index contributed by atoms with van der Waals surface area (Å²) < 4.78 is 1.90. The van der Waals surface area contributed by atoms with Crippen LogP contribution < -0.4 is 0 Å². The summed E-state index contributed by atoms with van der Waals surface area (Å²) in [5.74, 6) is 5.97. The van der Waals surface area contributed by atoms with Crippen molar-refractivity contribution in [3.8, 4) is 11.8 Å². The van der Waals surface area contributed by atoms with Gasteiger partial charge in [0.2, 0.25) is 0 Å². The highest BCUT2D eigenvalue weighted by Crippen LogP contribution is 2.16. The number of allylic oxidation sites excluding steroid dienone is 2. The van der Waals surface area contributed by atoms with Gasteiger partial charge < -0.3 is 0 Å². The molecule has 88 valence electrons. The van der Waals surface area contributed by atoms with E-state index in [0.29, 0.717) is 6.04 Å². The predicted octanol–water partition coefficient (Wildman–Crippen LogP) is 2.76. The fourth-order valence-corrected chi connectivity index (χ4v) is 1.61. The monoisotopic (exact) mass is 247 g/mol. The van der Waals surface area contributed by atoms with E-state index in [1.807, 2.05) is 23.0 Å². The minimum absolute atomic E-state index is 0.221. The summed E-state index contributed by atoms with van der Waals surface area (Å²) in [6, 6.07) is 2.07. The number of aliphatic imine (C=N–C) groups is 1. The van der Waals surface area contributed by atoms with Crippen molar-refractivity contribution in [2.75, 3.05) is 0 Å². The van der Waals surface area contributed by atoms with Crippen molar-refractivity contribution in [1.29, 1.82) is 0 Å². The number of rotatable bonds is 2. The second-order valence-electron chi connectivity index (χ2n) is 4.09. The van der Waals surface area contributed by atoms with Gasteiger partial charge >= 0.3 is 0 Å². The average molecular weight is 248 g/mol. The van der Waals surface area contributed by atoms with Crippen LogP contribution in [0.2, 0.25) is 0 Å². The van der Waals surface area contributed by atoms with Gasteiger partial charge in [-0.3, -0.25) is 9.67 Å². The number of aromatic nitrogens is 2. The minimum atomic E-state index is -0.253. The maximum absolute atomic E-state index is 5.95. The summed E-state index contributed by atoms with van der Waals surface area (Å²) in [6.07, 6.45) is 7.30. The first-order valence-corrected chi connectivity index (χ1v) is 6.00. The lowest BCUT2D eigenvalue weighted by Gasteiger charge is -2.06. The molecule has 3 nitrogen and oxygen atoms in total. The van der Waals surface area contributed by atoms with Gasteiger partial charge in [-0.2, -0.15) is 5.10 Å². The van der Waals surface area contributed by atoms with Crippen LogP contribution in [0.5, 0.6) is 0 Å². The van der Waals surface area contributed by atoms with Gasteiger partial charge in [-0.15, -0.1) is 11.6 Å². The van der Waals surface area contributed by atoms with E-state index in [0.717, 1.165) is 5.69 Å². The molecule has 1 aliphatic rings. The molecule has 1 aliphatic heterocycles. The van der Waals surface area contributed by atoms with Crippen LogP contribution in [-0.2, 0) is 0 Å². The van der Waals surface area contributed by atoms with Crippen LogP contribution in [0.3, 0.4) is 0 Å². The van der Waals surface area contributed by atoms with Gasteiger partial charge in [-0.1, -0.05) is 17.9 Å². The van der Waals surface area contributed by atoms with Gasteiger partial charge in [0.1, 0.15) is 5.38 Å². The molecule has 2 rings (SSSR count). The second-order valence-corrected chi connectivity index (χ2v) is 4.56. The number of hydrogen-bond donors (Lipinski definition) is 0. The third-order valence-corrected chi connectivity index (χ3v) is 2.65. The normalized spacial score (nSPS) is 24.9. The van der Waals surface area contributed by atoms with Gasteiger partial charge in [0.15, 0.2) is 6.04 Å². The highest BCUT2D eigenvalue weighted by Gasteiger charge is 2.11. The Balaban J connectivity index is 2.26. The Morgan fingerprint density at radius 2 is 2.24 bits per heavy atom. The van der Waals surface area contributed by atoms with E-state index >= 15 is 0 Å². The van der Waals surface area contributed by atoms with Crippen LogP contribution in [0.1, 0.15) is 31.6 Å². The summed E-state index contributed by atoms with van der Waals surface area (Å²) in [4.78, 5) is 4.34. The molecule has 0 saturated heterocycles. The molecule has 1 aromatic heterocycles. The summed E-state index contributed by atoms with van der Waals surface area (Å²) in [5.41, 5.74) is 0.863. The Labute approximate surface area is 106 Å². The molecule has 0 N–H and O–H groups in total. The zero-order valence-electron chi connectivity index (χ0n) is 9.84. The van der Waals surface area contributed by atoms with E-state index in [1.165, 1.54) is 0 Å². The van der Waals surface area contributed by atoms with Crippen molar-refractivity contribution in [3.05, 3.63) is 30.1 Å². The Morgan fingerprint density at radius 1 is 1.41 bits per heavy atom. The van der Waals surface area contributed by atoms with Crippen molar-refractivity contribution in [2.45, 2.75) is 31.3 Å². The van der Waals surface area contributed by atoms with E-state index in [9.17, 15) is 0 Å². The summed E-state index contributed by atoms with van der Waals surface area (Å²) in [7, 11) is 0. The SMILES string of the molecule is CC(C)n1ccc(C2C#CC(Cl)/C=C\C=N2)n1. The fraction of sp³-hybridized carbons (Fsp3) is 0.385. The van der Waals surface area contributed by atoms with E-state index in [1.54, 1.807) is 12.3 Å². The molecule has 0 bridgehead atoms. The minimum Gasteiger partial charge on any atom is -0.270 e. The first kappa shape index (κ1) is 11.9. The zero-order valence-corrected chi connectivity index (χ0v) is 10.6. The molecule has 0 aromatic carbocycles. The summed E-state index contributed by atoms with van der Waals surface area (Å²) >= 11 is 5.95.